The second kappa shape index (κ2) is 2.05. The summed E-state index contributed by atoms with van der Waals surface area (Å²) in [4.78, 5) is 0. The minimum atomic E-state index is 1.00. The van der Waals surface area contributed by atoms with E-state index in [0.717, 1.165) is 9.99 Å². The molecule has 4 heteroatoms. The Balaban J connectivity index is 2.86. The number of halogens is 1. The van der Waals surface area contributed by atoms with Gasteiger partial charge in [-0.15, -0.1) is 5.10 Å². The molecular weight excluding hydrogens is 194 g/mol. The molecule has 2 rings (SSSR count). The van der Waals surface area contributed by atoms with Crippen LogP contribution in [0.25, 0.3) is 5.52 Å². The number of hydrogen-bond acceptors (Lipinski definition) is 2. The molecule has 0 atom stereocenters. The van der Waals surface area contributed by atoms with Gasteiger partial charge in [0, 0.05) is 10.7 Å². The molecule has 2 aromatic heterocycles. The summed E-state index contributed by atoms with van der Waals surface area (Å²) < 4.78 is 2.72. The van der Waals surface area contributed by atoms with Crippen molar-refractivity contribution >= 4 is 21.4 Å². The Morgan fingerprint density at radius 1 is 1.40 bits per heavy atom. The molecule has 0 saturated carbocycles. The highest BCUT2D eigenvalue weighted by Gasteiger charge is 1.92. The monoisotopic (exact) mass is 197 g/mol. The zero-order valence-electron chi connectivity index (χ0n) is 5.03. The van der Waals surface area contributed by atoms with Crippen LogP contribution >= 0.6 is 15.9 Å². The Hall–Kier alpha value is -0.900. The highest BCUT2D eigenvalue weighted by Crippen LogP contribution is 2.09. The van der Waals surface area contributed by atoms with E-state index in [9.17, 15) is 0 Å². The zero-order chi connectivity index (χ0) is 6.97. The van der Waals surface area contributed by atoms with E-state index in [1.807, 2.05) is 18.3 Å². The second-order valence-corrected chi connectivity index (χ2v) is 2.87. The molecule has 0 saturated heterocycles. The minimum Gasteiger partial charge on any atom is -0.220 e. The van der Waals surface area contributed by atoms with Gasteiger partial charge in [-0.05, 0) is 28.1 Å². The van der Waals surface area contributed by atoms with Gasteiger partial charge >= 0.3 is 0 Å². The van der Waals surface area contributed by atoms with Crippen LogP contribution in [0.15, 0.2) is 29.0 Å². The summed E-state index contributed by atoms with van der Waals surface area (Å²) in [6.45, 7) is 0. The normalized spacial score (nSPS) is 10.5. The molecule has 0 spiro atoms. The summed E-state index contributed by atoms with van der Waals surface area (Å²) in [7, 11) is 0. The Labute approximate surface area is 65.8 Å². The summed E-state index contributed by atoms with van der Waals surface area (Å²) in [6.07, 6.45) is 3.58. The maximum absolute atomic E-state index is 3.82. The van der Waals surface area contributed by atoms with Gasteiger partial charge in [0.15, 0.2) is 0 Å². The first-order chi connectivity index (χ1) is 4.86. The van der Waals surface area contributed by atoms with Crippen LogP contribution in [0.1, 0.15) is 0 Å². The van der Waals surface area contributed by atoms with Crippen LogP contribution in [0.2, 0.25) is 0 Å². The van der Waals surface area contributed by atoms with Gasteiger partial charge in [0.2, 0.25) is 0 Å². The van der Waals surface area contributed by atoms with Crippen molar-refractivity contribution in [2.24, 2.45) is 0 Å². The maximum Gasteiger partial charge on any atom is 0.0865 e. The van der Waals surface area contributed by atoms with E-state index in [1.54, 1.807) is 10.7 Å². The average Bonchev–Trinajstić information content (AvgIpc) is 2.33. The first-order valence-electron chi connectivity index (χ1n) is 2.82. The fourth-order valence-corrected chi connectivity index (χ4v) is 1.12. The number of hydrogen-bond donors (Lipinski definition) is 0. The van der Waals surface area contributed by atoms with Crippen molar-refractivity contribution < 1.29 is 0 Å². The molecule has 0 aromatic carbocycles. The van der Waals surface area contributed by atoms with Gasteiger partial charge < -0.3 is 0 Å². The van der Waals surface area contributed by atoms with Crippen LogP contribution < -0.4 is 0 Å². The lowest BCUT2D eigenvalue weighted by Crippen LogP contribution is -1.84. The highest BCUT2D eigenvalue weighted by molar-refractivity contribution is 9.10. The van der Waals surface area contributed by atoms with Crippen LogP contribution in [0.4, 0.5) is 0 Å². The van der Waals surface area contributed by atoms with Gasteiger partial charge in [-0.1, -0.05) is 5.21 Å². The number of nitrogens with zero attached hydrogens (tertiary/aromatic N) is 3. The zero-order valence-corrected chi connectivity index (χ0v) is 6.62. The lowest BCUT2D eigenvalue weighted by molar-refractivity contribution is 0.853. The first kappa shape index (κ1) is 5.85. The molecule has 10 heavy (non-hydrogen) atoms. The molecule has 0 N–H and O–H groups in total. The van der Waals surface area contributed by atoms with Crippen molar-refractivity contribution in [2.75, 3.05) is 0 Å². The van der Waals surface area contributed by atoms with E-state index in [4.69, 9.17) is 0 Å². The molecule has 0 bridgehead atoms. The second-order valence-electron chi connectivity index (χ2n) is 1.95. The first-order valence-corrected chi connectivity index (χ1v) is 3.61. The minimum absolute atomic E-state index is 1.00. The van der Waals surface area contributed by atoms with Gasteiger partial charge in [-0.25, -0.2) is 4.52 Å². The Kier molecular flexibility index (Phi) is 1.20. The molecule has 0 fully saturated rings. The molecule has 2 aromatic rings. The predicted octanol–water partition coefficient (Wildman–Crippen LogP) is 1.49. The smallest absolute Gasteiger partial charge is 0.0865 e. The van der Waals surface area contributed by atoms with Crippen molar-refractivity contribution in [3.63, 3.8) is 0 Å². The maximum atomic E-state index is 3.82. The van der Waals surface area contributed by atoms with Gasteiger partial charge in [-0.2, -0.15) is 0 Å². The van der Waals surface area contributed by atoms with Crippen LogP contribution in [-0.2, 0) is 0 Å². The fraction of sp³-hybridized carbons (Fsp3) is 0. The Morgan fingerprint density at radius 3 is 3.20 bits per heavy atom. The summed E-state index contributed by atoms with van der Waals surface area (Å²) in [5.41, 5.74) is 1.00. The topological polar surface area (TPSA) is 30.2 Å². The van der Waals surface area contributed by atoms with Gasteiger partial charge in [0.05, 0.1) is 11.7 Å². The lowest BCUT2D eigenvalue weighted by atomic mass is 10.4. The van der Waals surface area contributed by atoms with E-state index in [0.29, 0.717) is 0 Å². The third-order valence-corrected chi connectivity index (χ3v) is 1.73. The van der Waals surface area contributed by atoms with E-state index in [1.165, 1.54) is 0 Å². The summed E-state index contributed by atoms with van der Waals surface area (Å²) in [5, 5.41) is 7.55. The Morgan fingerprint density at radius 2 is 2.30 bits per heavy atom. The molecule has 0 amide bonds. The number of pyridine rings is 1. The van der Waals surface area contributed by atoms with Crippen LogP contribution in [0.3, 0.4) is 0 Å². The summed E-state index contributed by atoms with van der Waals surface area (Å²) in [6, 6.07) is 3.91. The summed E-state index contributed by atoms with van der Waals surface area (Å²) in [5.74, 6) is 0. The SMILES string of the molecule is Brc1ccc2cnnn2c1. The van der Waals surface area contributed by atoms with Crippen LogP contribution in [0.5, 0.6) is 0 Å². The van der Waals surface area contributed by atoms with E-state index in [-0.39, 0.29) is 0 Å². The third-order valence-electron chi connectivity index (χ3n) is 1.26. The van der Waals surface area contributed by atoms with Crippen molar-refractivity contribution in [2.45, 2.75) is 0 Å². The van der Waals surface area contributed by atoms with Gasteiger partial charge in [0.1, 0.15) is 0 Å². The number of rotatable bonds is 0. The standard InChI is InChI=1S/C6H4BrN3/c7-5-1-2-6-3-8-9-10(6)4-5/h1-4H. The van der Waals surface area contributed by atoms with Crippen molar-refractivity contribution in [1.29, 1.82) is 0 Å². The molecule has 3 nitrogen and oxygen atoms in total. The van der Waals surface area contributed by atoms with E-state index in [2.05, 4.69) is 26.2 Å². The molecule has 0 aliphatic rings. The lowest BCUT2D eigenvalue weighted by Gasteiger charge is -1.89. The molecular formula is C6H4BrN3. The molecule has 0 aliphatic carbocycles. The predicted molar refractivity (Wildman–Crippen MR) is 40.7 cm³/mol. The highest BCUT2D eigenvalue weighted by atomic mass is 79.9. The van der Waals surface area contributed by atoms with Gasteiger partial charge in [0.25, 0.3) is 0 Å². The molecule has 50 valence electrons. The largest absolute Gasteiger partial charge is 0.220 e. The molecule has 2 heterocycles. The van der Waals surface area contributed by atoms with Crippen LogP contribution in [-0.4, -0.2) is 14.8 Å². The third kappa shape index (κ3) is 0.806. The fourth-order valence-electron chi connectivity index (χ4n) is 0.796. The molecule has 0 radical (unpaired) electrons. The quantitative estimate of drug-likeness (QED) is 0.641. The molecule has 0 aliphatic heterocycles. The summed E-state index contributed by atoms with van der Waals surface area (Å²) >= 11 is 3.33. The van der Waals surface area contributed by atoms with Crippen molar-refractivity contribution in [1.82, 2.24) is 14.8 Å². The van der Waals surface area contributed by atoms with Crippen LogP contribution in [0, 0.1) is 0 Å². The Bertz CT molecular complexity index is 355. The van der Waals surface area contributed by atoms with E-state index < -0.39 is 0 Å². The average molecular weight is 198 g/mol. The molecule has 0 unspecified atom stereocenters. The van der Waals surface area contributed by atoms with Gasteiger partial charge in [-0.3, -0.25) is 0 Å². The number of fused-ring (bicyclic) bond motifs is 1. The van der Waals surface area contributed by atoms with E-state index >= 15 is 0 Å². The van der Waals surface area contributed by atoms with Crippen molar-refractivity contribution in [3.05, 3.63) is 29.0 Å². The number of aromatic nitrogens is 3. The van der Waals surface area contributed by atoms with Crippen molar-refractivity contribution in [3.8, 4) is 0 Å².